The van der Waals surface area contributed by atoms with Crippen LogP contribution in [0.15, 0.2) is 54.7 Å². The van der Waals surface area contributed by atoms with Gasteiger partial charge in [0.05, 0.1) is 6.04 Å². The molecular formula is C20H23N5O. The van der Waals surface area contributed by atoms with Crippen molar-refractivity contribution in [3.63, 3.8) is 0 Å². The Morgan fingerprint density at radius 3 is 2.46 bits per heavy atom. The van der Waals surface area contributed by atoms with Crippen LogP contribution >= 0.6 is 0 Å². The molecule has 3 rings (SSSR count). The molecule has 0 unspecified atom stereocenters. The number of aromatic nitrogens is 4. The first kappa shape index (κ1) is 17.8. The zero-order valence-electron chi connectivity index (χ0n) is 15.3. The lowest BCUT2D eigenvalue weighted by Gasteiger charge is -2.19. The van der Waals surface area contributed by atoms with E-state index in [0.29, 0.717) is 23.4 Å². The van der Waals surface area contributed by atoms with E-state index in [9.17, 15) is 4.79 Å². The second kappa shape index (κ2) is 7.91. The molecule has 0 aliphatic heterocycles. The predicted octanol–water partition coefficient (Wildman–Crippen LogP) is 3.55. The molecule has 134 valence electrons. The molecule has 1 amide bonds. The average molecular weight is 349 g/mol. The number of benzene rings is 1. The van der Waals surface area contributed by atoms with Gasteiger partial charge in [0, 0.05) is 18.7 Å². The summed E-state index contributed by atoms with van der Waals surface area (Å²) in [5.41, 5.74) is 0.926. The molecule has 0 saturated carbocycles. The number of hydrogen-bond donors (Lipinski definition) is 1. The number of amides is 1. The molecule has 0 fully saturated rings. The number of carbonyl (C=O) groups is 1. The SMILES string of the molecule is CC(=O)N[C@@H](CC(C)C)c1nc(-c2ccccc2)nn1-c1ccccn1. The summed E-state index contributed by atoms with van der Waals surface area (Å²) in [6, 6.07) is 15.2. The van der Waals surface area contributed by atoms with Crippen LogP contribution in [0.5, 0.6) is 0 Å². The van der Waals surface area contributed by atoms with Crippen LogP contribution in [-0.4, -0.2) is 25.7 Å². The van der Waals surface area contributed by atoms with E-state index >= 15 is 0 Å². The monoisotopic (exact) mass is 349 g/mol. The lowest BCUT2D eigenvalue weighted by molar-refractivity contribution is -0.119. The third kappa shape index (κ3) is 4.14. The molecule has 2 heterocycles. The maximum Gasteiger partial charge on any atom is 0.217 e. The maximum absolute atomic E-state index is 11.7. The zero-order valence-corrected chi connectivity index (χ0v) is 15.3. The van der Waals surface area contributed by atoms with Gasteiger partial charge in [-0.05, 0) is 24.5 Å². The summed E-state index contributed by atoms with van der Waals surface area (Å²) >= 11 is 0. The Balaban J connectivity index is 2.11. The normalized spacial score (nSPS) is 12.2. The first-order chi connectivity index (χ1) is 12.5. The summed E-state index contributed by atoms with van der Waals surface area (Å²) in [5, 5.41) is 7.69. The molecule has 6 nitrogen and oxygen atoms in total. The second-order valence-corrected chi connectivity index (χ2v) is 6.64. The van der Waals surface area contributed by atoms with Gasteiger partial charge in [-0.3, -0.25) is 4.79 Å². The van der Waals surface area contributed by atoms with E-state index in [0.717, 1.165) is 12.0 Å². The van der Waals surface area contributed by atoms with Gasteiger partial charge >= 0.3 is 0 Å². The van der Waals surface area contributed by atoms with Crippen molar-refractivity contribution in [3.8, 4) is 17.2 Å². The fraction of sp³-hybridized carbons (Fsp3) is 0.300. The standard InChI is InChI=1S/C20H23N5O/c1-14(2)13-17(22-15(3)26)20-23-19(16-9-5-4-6-10-16)24-25(20)18-11-7-8-12-21-18/h4-12,14,17H,13H2,1-3H3,(H,22,26)/t17-/m0/s1. The Hall–Kier alpha value is -3.02. The smallest absolute Gasteiger partial charge is 0.217 e. The van der Waals surface area contributed by atoms with Gasteiger partial charge in [0.2, 0.25) is 5.91 Å². The van der Waals surface area contributed by atoms with Crippen molar-refractivity contribution in [2.45, 2.75) is 33.2 Å². The topological polar surface area (TPSA) is 72.7 Å². The summed E-state index contributed by atoms with van der Waals surface area (Å²) < 4.78 is 1.73. The largest absolute Gasteiger partial charge is 0.346 e. The van der Waals surface area contributed by atoms with Crippen LogP contribution in [-0.2, 0) is 4.79 Å². The van der Waals surface area contributed by atoms with Gasteiger partial charge in [-0.1, -0.05) is 50.2 Å². The van der Waals surface area contributed by atoms with Gasteiger partial charge in [-0.25, -0.2) is 9.97 Å². The summed E-state index contributed by atoms with van der Waals surface area (Å²) in [4.78, 5) is 20.9. The van der Waals surface area contributed by atoms with E-state index in [1.807, 2.05) is 48.5 Å². The Bertz CT molecular complexity index is 858. The lowest BCUT2D eigenvalue weighted by Crippen LogP contribution is -2.29. The van der Waals surface area contributed by atoms with Crippen LogP contribution in [0.3, 0.4) is 0 Å². The van der Waals surface area contributed by atoms with E-state index in [1.165, 1.54) is 6.92 Å². The first-order valence-corrected chi connectivity index (χ1v) is 8.75. The van der Waals surface area contributed by atoms with Gasteiger partial charge in [0.25, 0.3) is 0 Å². The van der Waals surface area contributed by atoms with Crippen LogP contribution < -0.4 is 5.32 Å². The highest BCUT2D eigenvalue weighted by molar-refractivity contribution is 5.73. The molecule has 1 atom stereocenters. The highest BCUT2D eigenvalue weighted by Gasteiger charge is 2.24. The Morgan fingerprint density at radius 1 is 1.12 bits per heavy atom. The number of hydrogen-bond acceptors (Lipinski definition) is 4. The molecule has 6 heteroatoms. The molecule has 0 saturated heterocycles. The number of nitrogens with one attached hydrogen (secondary N) is 1. The molecule has 0 aliphatic carbocycles. The molecule has 0 spiro atoms. The predicted molar refractivity (Wildman–Crippen MR) is 101 cm³/mol. The van der Waals surface area contributed by atoms with Crippen molar-refractivity contribution in [1.29, 1.82) is 0 Å². The second-order valence-electron chi connectivity index (χ2n) is 6.64. The molecule has 26 heavy (non-hydrogen) atoms. The molecule has 0 aliphatic rings. The first-order valence-electron chi connectivity index (χ1n) is 8.75. The third-order valence-electron chi connectivity index (χ3n) is 3.93. The lowest BCUT2D eigenvalue weighted by atomic mass is 10.0. The molecule has 0 radical (unpaired) electrons. The number of carbonyl (C=O) groups excluding carboxylic acids is 1. The molecular weight excluding hydrogens is 326 g/mol. The molecule has 0 bridgehead atoms. The Labute approximate surface area is 153 Å². The van der Waals surface area contributed by atoms with Crippen molar-refractivity contribution in [1.82, 2.24) is 25.1 Å². The van der Waals surface area contributed by atoms with Crippen molar-refractivity contribution in [3.05, 3.63) is 60.6 Å². The fourth-order valence-corrected chi connectivity index (χ4v) is 2.85. The third-order valence-corrected chi connectivity index (χ3v) is 3.93. The van der Waals surface area contributed by atoms with Gasteiger partial charge < -0.3 is 5.32 Å². The minimum atomic E-state index is -0.237. The summed E-state index contributed by atoms with van der Waals surface area (Å²) in [6.07, 6.45) is 2.48. The molecule has 1 N–H and O–H groups in total. The van der Waals surface area contributed by atoms with Crippen molar-refractivity contribution in [2.24, 2.45) is 5.92 Å². The molecule has 2 aromatic heterocycles. The zero-order chi connectivity index (χ0) is 18.5. The Morgan fingerprint density at radius 2 is 1.85 bits per heavy atom. The highest BCUT2D eigenvalue weighted by atomic mass is 16.1. The fourth-order valence-electron chi connectivity index (χ4n) is 2.85. The van der Waals surface area contributed by atoms with E-state index < -0.39 is 0 Å². The number of rotatable bonds is 6. The van der Waals surface area contributed by atoms with Crippen LogP contribution in [0.25, 0.3) is 17.2 Å². The summed E-state index contributed by atoms with van der Waals surface area (Å²) in [6.45, 7) is 5.76. The Kier molecular flexibility index (Phi) is 5.41. The van der Waals surface area contributed by atoms with E-state index in [1.54, 1.807) is 10.9 Å². The molecule has 3 aromatic rings. The van der Waals surface area contributed by atoms with Crippen molar-refractivity contribution < 1.29 is 4.79 Å². The maximum atomic E-state index is 11.7. The number of pyridine rings is 1. The quantitative estimate of drug-likeness (QED) is 0.738. The van der Waals surface area contributed by atoms with E-state index in [4.69, 9.17) is 4.98 Å². The van der Waals surface area contributed by atoms with Gasteiger partial charge in [-0.15, -0.1) is 5.10 Å². The number of nitrogens with zero attached hydrogens (tertiary/aromatic N) is 4. The van der Waals surface area contributed by atoms with E-state index in [-0.39, 0.29) is 11.9 Å². The molecule has 1 aromatic carbocycles. The summed E-state index contributed by atoms with van der Waals surface area (Å²) in [5.74, 6) is 2.28. The van der Waals surface area contributed by atoms with E-state index in [2.05, 4.69) is 29.2 Å². The highest BCUT2D eigenvalue weighted by Crippen LogP contribution is 2.25. The van der Waals surface area contributed by atoms with Gasteiger partial charge in [-0.2, -0.15) is 4.68 Å². The van der Waals surface area contributed by atoms with Crippen molar-refractivity contribution in [2.75, 3.05) is 0 Å². The minimum absolute atomic E-state index is 0.0903. The van der Waals surface area contributed by atoms with Gasteiger partial charge in [0.1, 0.15) is 0 Å². The van der Waals surface area contributed by atoms with Gasteiger partial charge in [0.15, 0.2) is 17.5 Å². The average Bonchev–Trinajstić information content (AvgIpc) is 3.07. The minimum Gasteiger partial charge on any atom is -0.346 e. The van der Waals surface area contributed by atoms with Crippen LogP contribution in [0.4, 0.5) is 0 Å². The van der Waals surface area contributed by atoms with Crippen molar-refractivity contribution >= 4 is 5.91 Å². The van der Waals surface area contributed by atoms with Crippen LogP contribution in [0.1, 0.15) is 39.1 Å². The van der Waals surface area contributed by atoms with Crippen LogP contribution in [0.2, 0.25) is 0 Å². The summed E-state index contributed by atoms with van der Waals surface area (Å²) in [7, 11) is 0. The van der Waals surface area contributed by atoms with Crippen LogP contribution in [0, 0.1) is 5.92 Å².